The number of carbonyl (C=O) groups excluding carboxylic acids is 2. The van der Waals surface area contributed by atoms with Crippen molar-refractivity contribution in [3.8, 4) is 5.75 Å². The minimum atomic E-state index is -0.352. The molecule has 0 unspecified atom stereocenters. The van der Waals surface area contributed by atoms with Crippen molar-refractivity contribution in [1.29, 1.82) is 0 Å². The van der Waals surface area contributed by atoms with E-state index in [9.17, 15) is 9.59 Å². The zero-order valence-corrected chi connectivity index (χ0v) is 12.8. The van der Waals surface area contributed by atoms with Gasteiger partial charge in [-0.1, -0.05) is 12.1 Å². The maximum Gasteiger partial charge on any atom is 0.312 e. The molecule has 110 valence electrons. The number of hydrogen-bond donors (Lipinski definition) is 1. The van der Waals surface area contributed by atoms with E-state index >= 15 is 0 Å². The van der Waals surface area contributed by atoms with Crippen LogP contribution in [0.2, 0.25) is 0 Å². The molecule has 0 aliphatic rings. The zero-order valence-electron chi connectivity index (χ0n) is 12.0. The molecular weight excluding hydrogens is 286 g/mol. The average molecular weight is 303 g/mol. The van der Waals surface area contributed by atoms with Crippen LogP contribution in [0.1, 0.15) is 27.9 Å². The highest BCUT2D eigenvalue weighted by molar-refractivity contribution is 7.08. The second-order valence-corrected chi connectivity index (χ2v) is 5.47. The molecule has 5 heteroatoms. The van der Waals surface area contributed by atoms with Crippen molar-refractivity contribution in [2.75, 3.05) is 6.54 Å². The predicted octanol–water partition coefficient (Wildman–Crippen LogP) is 3.09. The molecule has 0 aliphatic carbocycles. The Hall–Kier alpha value is -2.14. The summed E-state index contributed by atoms with van der Waals surface area (Å²) in [4.78, 5) is 23.5. The summed E-state index contributed by atoms with van der Waals surface area (Å²) in [6, 6.07) is 7.33. The van der Waals surface area contributed by atoms with E-state index in [0.29, 0.717) is 11.3 Å². The van der Waals surface area contributed by atoms with Gasteiger partial charge in [0.1, 0.15) is 5.75 Å². The number of aryl methyl sites for hydroxylation is 1. The van der Waals surface area contributed by atoms with Gasteiger partial charge in [-0.2, -0.15) is 11.3 Å². The highest BCUT2D eigenvalue weighted by Gasteiger charge is 2.10. The summed E-state index contributed by atoms with van der Waals surface area (Å²) in [5.74, 6) is 0.0502. The summed E-state index contributed by atoms with van der Waals surface area (Å²) in [6.07, 6.45) is 0.142. The number of esters is 1. The molecule has 1 aromatic heterocycles. The van der Waals surface area contributed by atoms with Gasteiger partial charge in [0.25, 0.3) is 5.91 Å². The van der Waals surface area contributed by atoms with Crippen molar-refractivity contribution in [2.24, 2.45) is 0 Å². The molecule has 0 saturated heterocycles. The van der Waals surface area contributed by atoms with Crippen molar-refractivity contribution < 1.29 is 14.3 Å². The van der Waals surface area contributed by atoms with Crippen LogP contribution in [-0.4, -0.2) is 18.4 Å². The van der Waals surface area contributed by atoms with E-state index in [2.05, 4.69) is 5.32 Å². The van der Waals surface area contributed by atoms with Gasteiger partial charge in [-0.15, -0.1) is 0 Å². The number of thiophene rings is 1. The number of benzene rings is 1. The number of hydrogen-bond acceptors (Lipinski definition) is 4. The maximum atomic E-state index is 11.8. The first-order chi connectivity index (χ1) is 10.1. The minimum absolute atomic E-state index is 0.142. The number of nitrogens with one attached hydrogen (secondary N) is 1. The van der Waals surface area contributed by atoms with Gasteiger partial charge in [0, 0.05) is 17.5 Å². The van der Waals surface area contributed by atoms with E-state index in [0.717, 1.165) is 11.1 Å². The molecule has 0 aliphatic heterocycles. The number of carbonyl (C=O) groups is 2. The van der Waals surface area contributed by atoms with Gasteiger partial charge in [-0.25, -0.2) is 0 Å². The largest absolute Gasteiger partial charge is 0.426 e. The van der Waals surface area contributed by atoms with E-state index in [1.54, 1.807) is 17.5 Å². The molecule has 0 radical (unpaired) electrons. The Balaban J connectivity index is 1.80. The third-order valence-corrected chi connectivity index (χ3v) is 3.86. The Morgan fingerprint density at radius 1 is 1.24 bits per heavy atom. The van der Waals surface area contributed by atoms with E-state index in [4.69, 9.17) is 4.74 Å². The molecule has 1 heterocycles. The molecule has 21 heavy (non-hydrogen) atoms. The molecule has 1 N–H and O–H groups in total. The number of rotatable bonds is 5. The van der Waals surface area contributed by atoms with Gasteiger partial charge in [0.2, 0.25) is 0 Å². The SMILES string of the molecule is Cc1cccc(OC(=O)CCNC(=O)c2ccsc2)c1C. The Bertz CT molecular complexity index is 635. The molecule has 0 spiro atoms. The Morgan fingerprint density at radius 3 is 2.76 bits per heavy atom. The normalized spacial score (nSPS) is 10.2. The summed E-state index contributed by atoms with van der Waals surface area (Å²) in [5.41, 5.74) is 2.64. The van der Waals surface area contributed by atoms with Crippen molar-refractivity contribution in [2.45, 2.75) is 20.3 Å². The fraction of sp³-hybridized carbons (Fsp3) is 0.250. The van der Waals surface area contributed by atoms with Crippen molar-refractivity contribution >= 4 is 23.2 Å². The third-order valence-electron chi connectivity index (χ3n) is 3.18. The van der Waals surface area contributed by atoms with Crippen LogP contribution in [0.4, 0.5) is 0 Å². The lowest BCUT2D eigenvalue weighted by molar-refractivity contribution is -0.134. The highest BCUT2D eigenvalue weighted by Crippen LogP contribution is 2.20. The molecular formula is C16H17NO3S. The lowest BCUT2D eigenvalue weighted by Crippen LogP contribution is -2.26. The lowest BCUT2D eigenvalue weighted by atomic mass is 10.1. The van der Waals surface area contributed by atoms with Crippen LogP contribution < -0.4 is 10.1 Å². The molecule has 1 amide bonds. The summed E-state index contributed by atoms with van der Waals surface area (Å²) >= 11 is 1.46. The monoisotopic (exact) mass is 303 g/mol. The second kappa shape index (κ2) is 7.04. The molecule has 0 bridgehead atoms. The van der Waals surface area contributed by atoms with Crippen molar-refractivity contribution in [3.63, 3.8) is 0 Å². The third kappa shape index (κ3) is 4.16. The number of ether oxygens (including phenoxy) is 1. The van der Waals surface area contributed by atoms with E-state index in [1.165, 1.54) is 11.3 Å². The van der Waals surface area contributed by atoms with E-state index < -0.39 is 0 Å². The van der Waals surface area contributed by atoms with Crippen molar-refractivity contribution in [3.05, 3.63) is 51.7 Å². The molecule has 0 saturated carbocycles. The molecule has 0 fully saturated rings. The predicted molar refractivity (Wildman–Crippen MR) is 82.8 cm³/mol. The average Bonchev–Trinajstić information content (AvgIpc) is 2.98. The smallest absolute Gasteiger partial charge is 0.312 e. The van der Waals surface area contributed by atoms with Crippen LogP contribution in [0.15, 0.2) is 35.0 Å². The molecule has 0 atom stereocenters. The van der Waals surface area contributed by atoms with E-state index in [-0.39, 0.29) is 24.8 Å². The van der Waals surface area contributed by atoms with Crippen LogP contribution in [0, 0.1) is 13.8 Å². The molecule has 2 aromatic rings. The second-order valence-electron chi connectivity index (χ2n) is 4.69. The van der Waals surface area contributed by atoms with Crippen LogP contribution in [0.25, 0.3) is 0 Å². The van der Waals surface area contributed by atoms with Gasteiger partial charge >= 0.3 is 5.97 Å². The van der Waals surface area contributed by atoms with Crippen LogP contribution in [0.3, 0.4) is 0 Å². The van der Waals surface area contributed by atoms with Crippen LogP contribution >= 0.6 is 11.3 Å². The summed E-state index contributed by atoms with van der Waals surface area (Å²) < 4.78 is 5.31. The summed E-state index contributed by atoms with van der Waals surface area (Å²) in [7, 11) is 0. The van der Waals surface area contributed by atoms with Crippen molar-refractivity contribution in [1.82, 2.24) is 5.32 Å². The fourth-order valence-corrected chi connectivity index (χ4v) is 2.42. The molecule has 2 rings (SSSR count). The molecule has 4 nitrogen and oxygen atoms in total. The topological polar surface area (TPSA) is 55.4 Å². The quantitative estimate of drug-likeness (QED) is 0.682. The Morgan fingerprint density at radius 2 is 2.05 bits per heavy atom. The van der Waals surface area contributed by atoms with Crippen LogP contribution in [-0.2, 0) is 4.79 Å². The highest BCUT2D eigenvalue weighted by atomic mass is 32.1. The van der Waals surface area contributed by atoms with Gasteiger partial charge in [-0.05, 0) is 42.5 Å². The van der Waals surface area contributed by atoms with Gasteiger partial charge in [-0.3, -0.25) is 9.59 Å². The Kier molecular flexibility index (Phi) is 5.11. The first kappa shape index (κ1) is 15.3. The van der Waals surface area contributed by atoms with Gasteiger partial charge < -0.3 is 10.1 Å². The zero-order chi connectivity index (χ0) is 15.2. The minimum Gasteiger partial charge on any atom is -0.426 e. The Labute approximate surface area is 127 Å². The van der Waals surface area contributed by atoms with E-state index in [1.807, 2.05) is 31.4 Å². The summed E-state index contributed by atoms with van der Waals surface area (Å²) in [5, 5.41) is 6.30. The standard InChI is InChI=1S/C16H17NO3S/c1-11-4-3-5-14(12(11)2)20-15(18)6-8-17-16(19)13-7-9-21-10-13/h3-5,7,9-10H,6,8H2,1-2H3,(H,17,19). The molecule has 1 aromatic carbocycles. The first-order valence-electron chi connectivity index (χ1n) is 6.65. The van der Waals surface area contributed by atoms with Crippen LogP contribution in [0.5, 0.6) is 5.75 Å². The van der Waals surface area contributed by atoms with Gasteiger partial charge in [0.15, 0.2) is 0 Å². The first-order valence-corrected chi connectivity index (χ1v) is 7.59. The fourth-order valence-electron chi connectivity index (χ4n) is 1.78. The maximum absolute atomic E-state index is 11.8. The number of amides is 1. The van der Waals surface area contributed by atoms with Gasteiger partial charge in [0.05, 0.1) is 6.42 Å². The lowest BCUT2D eigenvalue weighted by Gasteiger charge is -2.09. The summed E-state index contributed by atoms with van der Waals surface area (Å²) in [6.45, 7) is 4.14.